The number of halogens is 1. The molecular weight excluding hydrogens is 273 g/mol. The van der Waals surface area contributed by atoms with E-state index in [0.29, 0.717) is 18.7 Å². The molecule has 0 saturated heterocycles. The highest BCUT2D eigenvalue weighted by Gasteiger charge is 2.17. The molecule has 2 rings (SSSR count). The van der Waals surface area contributed by atoms with Gasteiger partial charge in [0.25, 0.3) is 0 Å². The van der Waals surface area contributed by atoms with Crippen molar-refractivity contribution < 1.29 is 19.3 Å². The number of fused-ring (bicyclic) bond motifs is 1. The van der Waals surface area contributed by atoms with Crippen LogP contribution in [0.2, 0.25) is 0 Å². The van der Waals surface area contributed by atoms with Crippen LogP contribution in [-0.2, 0) is 6.42 Å². The molecule has 4 nitrogen and oxygen atoms in total. The van der Waals surface area contributed by atoms with Gasteiger partial charge >= 0.3 is 0 Å². The van der Waals surface area contributed by atoms with Gasteiger partial charge in [0.15, 0.2) is 0 Å². The second-order valence-corrected chi connectivity index (χ2v) is 5.55. The number of rotatable bonds is 0. The lowest BCUT2D eigenvalue weighted by Gasteiger charge is -2.20. The molecule has 1 aliphatic rings. The maximum absolute atomic E-state index is 13.4. The zero-order valence-corrected chi connectivity index (χ0v) is 12.2. The van der Waals surface area contributed by atoms with E-state index in [9.17, 15) is 14.6 Å². The summed E-state index contributed by atoms with van der Waals surface area (Å²) in [7, 11) is 0. The first-order valence-electron chi connectivity index (χ1n) is 7.65. The summed E-state index contributed by atoms with van der Waals surface area (Å²) in [6.07, 6.45) is 2.58. The van der Waals surface area contributed by atoms with E-state index in [4.69, 9.17) is 4.74 Å². The summed E-state index contributed by atoms with van der Waals surface area (Å²) in [5.41, 5.74) is 0.821. The van der Waals surface area contributed by atoms with Crippen molar-refractivity contribution in [3.8, 4) is 5.75 Å². The fraction of sp³-hybridized carbons (Fsp3) is 0.625. The number of aliphatic hydroxyl groups excluding tert-OH is 2. The Morgan fingerprint density at radius 3 is 2.81 bits per heavy atom. The van der Waals surface area contributed by atoms with Gasteiger partial charge in [-0.25, -0.2) is 4.39 Å². The zero-order chi connectivity index (χ0) is 15.1. The van der Waals surface area contributed by atoms with Gasteiger partial charge in [0.05, 0.1) is 6.10 Å². The Morgan fingerprint density at radius 1 is 1.10 bits per heavy atom. The summed E-state index contributed by atoms with van der Waals surface area (Å²) in [5, 5.41) is 23.0. The molecule has 0 aliphatic carbocycles. The van der Waals surface area contributed by atoms with Crippen molar-refractivity contribution in [2.45, 2.75) is 44.3 Å². The summed E-state index contributed by atoms with van der Waals surface area (Å²) in [6, 6.07) is 4.44. The van der Waals surface area contributed by atoms with Gasteiger partial charge in [-0.3, -0.25) is 0 Å². The molecule has 118 valence electrons. The average Bonchev–Trinajstić information content (AvgIpc) is 2.47. The maximum Gasteiger partial charge on any atom is 0.123 e. The van der Waals surface area contributed by atoms with Crippen LogP contribution in [0.5, 0.6) is 5.75 Å². The van der Waals surface area contributed by atoms with E-state index in [1.807, 2.05) is 0 Å². The molecule has 1 aliphatic heterocycles. The predicted octanol–water partition coefficient (Wildman–Crippen LogP) is 1.63. The molecule has 1 heterocycles. The van der Waals surface area contributed by atoms with Crippen molar-refractivity contribution in [3.63, 3.8) is 0 Å². The Hall–Kier alpha value is -1.17. The quantitative estimate of drug-likeness (QED) is 0.681. The summed E-state index contributed by atoms with van der Waals surface area (Å²) < 4.78 is 18.9. The molecular formula is C16H24FNO3. The van der Waals surface area contributed by atoms with Gasteiger partial charge in [-0.05, 0) is 62.5 Å². The fourth-order valence-corrected chi connectivity index (χ4v) is 2.48. The number of aryl methyl sites for hydroxylation is 1. The van der Waals surface area contributed by atoms with Gasteiger partial charge < -0.3 is 20.3 Å². The lowest BCUT2D eigenvalue weighted by atomic mass is 10.1. The van der Waals surface area contributed by atoms with Crippen molar-refractivity contribution in [1.29, 1.82) is 0 Å². The predicted molar refractivity (Wildman–Crippen MR) is 79.0 cm³/mol. The molecule has 3 N–H and O–H groups in total. The molecule has 0 aromatic heterocycles. The first kappa shape index (κ1) is 16.2. The van der Waals surface area contributed by atoms with Gasteiger partial charge in [-0.1, -0.05) is 6.42 Å². The highest BCUT2D eigenvalue weighted by molar-refractivity contribution is 5.34. The lowest BCUT2D eigenvalue weighted by molar-refractivity contribution is -0.0114. The summed E-state index contributed by atoms with van der Waals surface area (Å²) in [5.74, 6) is 0.318. The standard InChI is InChI=1S/C16H24FNO3/c17-13-5-6-16-12(10-13)4-2-1-3-8-18-9-7-14(19)15(20)11-21-16/h5-6,10,14-15,18-20H,1-4,7-9,11H2/t14-,15+/m0/s1. The Morgan fingerprint density at radius 2 is 1.95 bits per heavy atom. The second-order valence-electron chi connectivity index (χ2n) is 5.55. The summed E-state index contributed by atoms with van der Waals surface area (Å²) in [4.78, 5) is 0. The maximum atomic E-state index is 13.4. The van der Waals surface area contributed by atoms with Crippen LogP contribution in [0.1, 0.15) is 31.2 Å². The number of ether oxygens (including phenoxy) is 1. The molecule has 2 atom stereocenters. The molecule has 0 fully saturated rings. The molecule has 0 bridgehead atoms. The second kappa shape index (κ2) is 8.32. The van der Waals surface area contributed by atoms with Gasteiger partial charge in [-0.15, -0.1) is 0 Å². The van der Waals surface area contributed by atoms with Crippen LogP contribution in [-0.4, -0.2) is 42.1 Å². The van der Waals surface area contributed by atoms with Gasteiger partial charge in [-0.2, -0.15) is 0 Å². The third kappa shape index (κ3) is 5.26. The van der Waals surface area contributed by atoms with Crippen molar-refractivity contribution in [2.24, 2.45) is 0 Å². The number of benzene rings is 1. The molecule has 21 heavy (non-hydrogen) atoms. The van der Waals surface area contributed by atoms with Crippen molar-refractivity contribution in [3.05, 3.63) is 29.6 Å². The third-order valence-corrected chi connectivity index (χ3v) is 3.79. The minimum atomic E-state index is -0.937. The topological polar surface area (TPSA) is 61.7 Å². The Labute approximate surface area is 124 Å². The Kier molecular flexibility index (Phi) is 6.42. The molecule has 0 unspecified atom stereocenters. The van der Waals surface area contributed by atoms with Gasteiger partial charge in [0.1, 0.15) is 24.3 Å². The highest BCUT2D eigenvalue weighted by Crippen LogP contribution is 2.22. The molecule has 5 heteroatoms. The van der Waals surface area contributed by atoms with E-state index in [1.54, 1.807) is 6.07 Å². The van der Waals surface area contributed by atoms with E-state index < -0.39 is 12.2 Å². The largest absolute Gasteiger partial charge is 0.491 e. The molecule has 0 radical (unpaired) electrons. The average molecular weight is 297 g/mol. The van der Waals surface area contributed by atoms with E-state index in [-0.39, 0.29) is 12.4 Å². The smallest absolute Gasteiger partial charge is 0.123 e. The van der Waals surface area contributed by atoms with Crippen LogP contribution < -0.4 is 10.1 Å². The molecule has 0 saturated carbocycles. The van der Waals surface area contributed by atoms with Crippen molar-refractivity contribution in [2.75, 3.05) is 19.7 Å². The SMILES string of the molecule is O[C@@H]1COc2ccc(F)cc2CCCCCNCC[C@@H]1O. The Bertz CT molecular complexity index is 442. The van der Waals surface area contributed by atoms with Crippen LogP contribution in [0.25, 0.3) is 0 Å². The van der Waals surface area contributed by atoms with Crippen molar-refractivity contribution >= 4 is 0 Å². The number of nitrogens with one attached hydrogen (secondary N) is 1. The molecule has 0 amide bonds. The third-order valence-electron chi connectivity index (χ3n) is 3.79. The van der Waals surface area contributed by atoms with Gasteiger partial charge in [0.2, 0.25) is 0 Å². The van der Waals surface area contributed by atoms with Crippen LogP contribution in [0.4, 0.5) is 4.39 Å². The highest BCUT2D eigenvalue weighted by atomic mass is 19.1. The normalized spacial score (nSPS) is 25.5. The first-order valence-corrected chi connectivity index (χ1v) is 7.65. The zero-order valence-electron chi connectivity index (χ0n) is 12.2. The van der Waals surface area contributed by atoms with E-state index >= 15 is 0 Å². The van der Waals surface area contributed by atoms with Crippen LogP contribution in [0, 0.1) is 5.82 Å². The molecule has 1 aromatic carbocycles. The fourth-order valence-electron chi connectivity index (χ4n) is 2.48. The number of hydrogen-bond acceptors (Lipinski definition) is 4. The van der Waals surface area contributed by atoms with Crippen LogP contribution >= 0.6 is 0 Å². The summed E-state index contributed by atoms with van der Waals surface area (Å²) >= 11 is 0. The summed E-state index contributed by atoms with van der Waals surface area (Å²) in [6.45, 7) is 1.59. The Balaban J connectivity index is 2.06. The van der Waals surface area contributed by atoms with E-state index in [0.717, 1.165) is 37.8 Å². The minimum Gasteiger partial charge on any atom is -0.491 e. The van der Waals surface area contributed by atoms with Gasteiger partial charge in [0, 0.05) is 0 Å². The van der Waals surface area contributed by atoms with E-state index in [2.05, 4.69) is 5.32 Å². The monoisotopic (exact) mass is 297 g/mol. The van der Waals surface area contributed by atoms with Crippen LogP contribution in [0.3, 0.4) is 0 Å². The van der Waals surface area contributed by atoms with E-state index in [1.165, 1.54) is 12.1 Å². The molecule has 0 spiro atoms. The van der Waals surface area contributed by atoms with Crippen LogP contribution in [0.15, 0.2) is 18.2 Å². The number of hydrogen-bond donors (Lipinski definition) is 3. The lowest BCUT2D eigenvalue weighted by Crippen LogP contribution is -2.34. The minimum absolute atomic E-state index is 0.0137. The van der Waals surface area contributed by atoms with Crippen molar-refractivity contribution in [1.82, 2.24) is 5.32 Å². The first-order chi connectivity index (χ1) is 10.2. The number of aliphatic hydroxyl groups is 2. The molecule has 1 aromatic rings.